The van der Waals surface area contributed by atoms with E-state index in [0.29, 0.717) is 22.3 Å². The number of hydrogen-bond donors (Lipinski definition) is 1. The number of imide groups is 1. The standard InChI is InChI=1S/C26H20F3N3O5/c1-24-19(33)11-25(37-24,8-9-36-17-6-2-14(12-30)3-7-17)21-20(24)22(34)32(23(21)35)16-5-4-15(13-31)18(10-16)26(27,28)29/h2-7,10,19-21,33H,8-9,11H2,1H3/t19-,20-,21+,24-,25+/m0/s1. The molecule has 11 heteroatoms. The average Bonchev–Trinajstić information content (AvgIpc) is 3.39. The Morgan fingerprint density at radius 3 is 2.41 bits per heavy atom. The van der Waals surface area contributed by atoms with Crippen LogP contribution in [0.15, 0.2) is 42.5 Å². The molecule has 2 aromatic carbocycles. The molecule has 3 aliphatic rings. The lowest BCUT2D eigenvalue weighted by Crippen LogP contribution is -2.49. The molecule has 5 rings (SSSR count). The van der Waals surface area contributed by atoms with Crippen molar-refractivity contribution in [3.63, 3.8) is 0 Å². The number of alkyl halides is 3. The zero-order valence-electron chi connectivity index (χ0n) is 19.5. The van der Waals surface area contributed by atoms with Crippen molar-refractivity contribution in [3.05, 3.63) is 59.2 Å². The van der Waals surface area contributed by atoms with E-state index in [1.807, 2.05) is 6.07 Å². The van der Waals surface area contributed by atoms with Gasteiger partial charge < -0.3 is 14.6 Å². The van der Waals surface area contributed by atoms with Crippen LogP contribution in [0.2, 0.25) is 0 Å². The van der Waals surface area contributed by atoms with Crippen LogP contribution in [-0.4, -0.2) is 40.8 Å². The molecule has 2 amide bonds. The van der Waals surface area contributed by atoms with Crippen molar-refractivity contribution in [2.45, 2.75) is 43.2 Å². The molecule has 3 fully saturated rings. The van der Waals surface area contributed by atoms with Gasteiger partial charge >= 0.3 is 6.18 Å². The lowest BCUT2D eigenvalue weighted by molar-refractivity contribution is -0.138. The van der Waals surface area contributed by atoms with Crippen molar-refractivity contribution >= 4 is 17.5 Å². The number of amides is 2. The number of halogens is 3. The number of rotatable bonds is 5. The molecule has 190 valence electrons. The van der Waals surface area contributed by atoms with E-state index in [9.17, 15) is 27.9 Å². The number of carbonyl (C=O) groups excluding carboxylic acids is 2. The molecule has 0 saturated carbocycles. The van der Waals surface area contributed by atoms with Gasteiger partial charge in [-0.3, -0.25) is 9.59 Å². The number of nitriles is 2. The predicted octanol–water partition coefficient (Wildman–Crippen LogP) is 3.32. The van der Waals surface area contributed by atoms with Gasteiger partial charge in [-0.05, 0) is 49.4 Å². The Balaban J connectivity index is 1.45. The predicted molar refractivity (Wildman–Crippen MR) is 120 cm³/mol. The summed E-state index contributed by atoms with van der Waals surface area (Å²) in [7, 11) is 0. The molecule has 1 N–H and O–H groups in total. The van der Waals surface area contributed by atoms with Crippen LogP contribution in [0.1, 0.15) is 36.5 Å². The Morgan fingerprint density at radius 1 is 1.11 bits per heavy atom. The molecule has 3 saturated heterocycles. The fourth-order valence-electron chi connectivity index (χ4n) is 5.85. The first-order chi connectivity index (χ1) is 17.4. The van der Waals surface area contributed by atoms with Crippen molar-refractivity contribution in [1.82, 2.24) is 0 Å². The van der Waals surface area contributed by atoms with E-state index < -0.39 is 58.3 Å². The number of fused-ring (bicyclic) bond motifs is 5. The fourth-order valence-corrected chi connectivity index (χ4v) is 5.85. The molecule has 3 heterocycles. The van der Waals surface area contributed by atoms with Crippen molar-refractivity contribution in [2.75, 3.05) is 11.5 Å². The summed E-state index contributed by atoms with van der Waals surface area (Å²) in [5.74, 6) is -3.13. The summed E-state index contributed by atoms with van der Waals surface area (Å²) in [6.07, 6.45) is -5.76. The zero-order valence-corrected chi connectivity index (χ0v) is 19.5. The summed E-state index contributed by atoms with van der Waals surface area (Å²) in [5, 5.41) is 28.8. The van der Waals surface area contributed by atoms with Gasteiger partial charge in [-0.1, -0.05) is 0 Å². The normalized spacial score (nSPS) is 30.2. The Labute approximate surface area is 209 Å². The Kier molecular flexibility index (Phi) is 5.55. The van der Waals surface area contributed by atoms with E-state index in [-0.39, 0.29) is 25.1 Å². The summed E-state index contributed by atoms with van der Waals surface area (Å²) < 4.78 is 52.5. The molecule has 8 nitrogen and oxygen atoms in total. The quantitative estimate of drug-likeness (QED) is 0.611. The number of aliphatic hydroxyl groups excluding tert-OH is 1. The summed E-state index contributed by atoms with van der Waals surface area (Å²) in [6.45, 7) is 1.59. The minimum Gasteiger partial charge on any atom is -0.493 e. The minimum atomic E-state index is -4.86. The lowest BCUT2D eigenvalue weighted by Gasteiger charge is -2.33. The van der Waals surface area contributed by atoms with Gasteiger partial charge in [0, 0.05) is 12.8 Å². The van der Waals surface area contributed by atoms with Gasteiger partial charge in [-0.15, -0.1) is 0 Å². The average molecular weight is 511 g/mol. The zero-order chi connectivity index (χ0) is 26.8. The lowest BCUT2D eigenvalue weighted by atomic mass is 9.66. The van der Waals surface area contributed by atoms with Crippen molar-refractivity contribution < 1.29 is 37.3 Å². The van der Waals surface area contributed by atoms with Crippen LogP contribution in [0.25, 0.3) is 0 Å². The van der Waals surface area contributed by atoms with Gasteiger partial charge in [0.15, 0.2) is 0 Å². The van der Waals surface area contributed by atoms with Crippen LogP contribution in [0.3, 0.4) is 0 Å². The van der Waals surface area contributed by atoms with Crippen LogP contribution < -0.4 is 9.64 Å². The van der Waals surface area contributed by atoms with Gasteiger partial charge in [-0.25, -0.2) is 4.90 Å². The minimum absolute atomic E-state index is 0.0510. The van der Waals surface area contributed by atoms with Crippen LogP contribution in [-0.2, 0) is 20.5 Å². The van der Waals surface area contributed by atoms with Crippen LogP contribution in [0.5, 0.6) is 5.75 Å². The molecule has 0 spiro atoms. The highest BCUT2D eigenvalue weighted by Gasteiger charge is 2.77. The van der Waals surface area contributed by atoms with Gasteiger partial charge in [0.2, 0.25) is 11.8 Å². The molecule has 3 aliphatic heterocycles. The number of hydrogen-bond acceptors (Lipinski definition) is 7. The van der Waals surface area contributed by atoms with Crippen molar-refractivity contribution in [1.29, 1.82) is 10.5 Å². The molecular weight excluding hydrogens is 491 g/mol. The highest BCUT2D eigenvalue weighted by molar-refractivity contribution is 6.23. The third-order valence-electron chi connectivity index (χ3n) is 7.58. The second-order valence-corrected chi connectivity index (χ2v) is 9.61. The van der Waals surface area contributed by atoms with Crippen LogP contribution in [0, 0.1) is 34.5 Å². The van der Waals surface area contributed by atoms with E-state index in [4.69, 9.17) is 20.0 Å². The maximum Gasteiger partial charge on any atom is 0.417 e. The van der Waals surface area contributed by atoms with E-state index in [1.54, 1.807) is 24.3 Å². The molecule has 37 heavy (non-hydrogen) atoms. The second-order valence-electron chi connectivity index (χ2n) is 9.61. The van der Waals surface area contributed by atoms with Gasteiger partial charge in [0.25, 0.3) is 0 Å². The number of anilines is 1. The Bertz CT molecular complexity index is 1380. The molecule has 2 bridgehead atoms. The first kappa shape index (κ1) is 24.8. The largest absolute Gasteiger partial charge is 0.493 e. The molecule has 5 atom stereocenters. The summed E-state index contributed by atoms with van der Waals surface area (Å²) in [6, 6.07) is 12.5. The summed E-state index contributed by atoms with van der Waals surface area (Å²) in [4.78, 5) is 27.8. The Morgan fingerprint density at radius 2 is 1.78 bits per heavy atom. The first-order valence-electron chi connectivity index (χ1n) is 11.5. The van der Waals surface area contributed by atoms with Crippen molar-refractivity contribution in [3.8, 4) is 17.9 Å². The van der Waals surface area contributed by atoms with E-state index in [1.165, 1.54) is 13.0 Å². The van der Waals surface area contributed by atoms with E-state index in [0.717, 1.165) is 12.1 Å². The van der Waals surface area contributed by atoms with Gasteiger partial charge in [0.1, 0.15) is 11.4 Å². The fraction of sp³-hybridized carbons (Fsp3) is 0.385. The highest BCUT2D eigenvalue weighted by Crippen LogP contribution is 2.62. The highest BCUT2D eigenvalue weighted by atomic mass is 19.4. The maximum absolute atomic E-state index is 13.6. The monoisotopic (exact) mass is 511 g/mol. The van der Waals surface area contributed by atoms with Gasteiger partial charge in [-0.2, -0.15) is 23.7 Å². The van der Waals surface area contributed by atoms with E-state index >= 15 is 0 Å². The van der Waals surface area contributed by atoms with Crippen molar-refractivity contribution in [2.24, 2.45) is 11.8 Å². The van der Waals surface area contributed by atoms with Crippen LogP contribution in [0.4, 0.5) is 18.9 Å². The second kappa shape index (κ2) is 8.30. The summed E-state index contributed by atoms with van der Waals surface area (Å²) >= 11 is 0. The third-order valence-corrected chi connectivity index (χ3v) is 7.58. The number of aliphatic hydroxyl groups is 1. The number of nitrogens with zero attached hydrogens (tertiary/aromatic N) is 3. The van der Waals surface area contributed by atoms with E-state index in [2.05, 4.69) is 0 Å². The smallest absolute Gasteiger partial charge is 0.417 e. The number of ether oxygens (including phenoxy) is 2. The summed E-state index contributed by atoms with van der Waals surface area (Å²) in [5.41, 5.74) is -4.38. The van der Waals surface area contributed by atoms with Crippen LogP contribution >= 0.6 is 0 Å². The maximum atomic E-state index is 13.6. The first-order valence-corrected chi connectivity index (χ1v) is 11.5. The Hall–Kier alpha value is -3.93. The molecular formula is C26H20F3N3O5. The third kappa shape index (κ3) is 3.66. The molecule has 0 radical (unpaired) electrons. The molecule has 2 aromatic rings. The molecule has 0 aromatic heterocycles. The SMILES string of the molecule is C[C@]12O[C@](CCOc3ccc(C#N)cc3)(C[C@@H]1O)[C@H]1C(=O)N(c3ccc(C#N)c(C(F)(F)F)c3)C(=O)[C@H]12. The molecule has 0 unspecified atom stereocenters. The number of benzene rings is 2. The molecule has 0 aliphatic carbocycles. The topological polar surface area (TPSA) is 124 Å². The van der Waals surface area contributed by atoms with Gasteiger partial charge in [0.05, 0.1) is 64.7 Å². The number of carbonyl (C=O) groups is 2.